The monoisotopic (exact) mass is 207 g/mol. The number of rotatable bonds is 2. The summed E-state index contributed by atoms with van der Waals surface area (Å²) >= 11 is 0. The molecule has 0 aliphatic carbocycles. The number of amides is 1. The SMILES string of the molecule is O=C(Nc1ccon1)c1ccncc1F. The average molecular weight is 207 g/mol. The Morgan fingerprint density at radius 1 is 1.47 bits per heavy atom. The van der Waals surface area contributed by atoms with E-state index >= 15 is 0 Å². The van der Waals surface area contributed by atoms with Crippen LogP contribution in [0.5, 0.6) is 0 Å². The van der Waals surface area contributed by atoms with Crippen molar-refractivity contribution < 1.29 is 13.7 Å². The van der Waals surface area contributed by atoms with E-state index in [1.807, 2.05) is 0 Å². The Morgan fingerprint density at radius 2 is 2.33 bits per heavy atom. The normalized spacial score (nSPS) is 9.93. The zero-order valence-electron chi connectivity index (χ0n) is 7.48. The first kappa shape index (κ1) is 9.32. The zero-order valence-corrected chi connectivity index (χ0v) is 7.48. The minimum absolute atomic E-state index is 0.0898. The molecule has 2 aromatic rings. The summed E-state index contributed by atoms with van der Waals surface area (Å²) in [6, 6.07) is 2.74. The van der Waals surface area contributed by atoms with E-state index in [2.05, 4.69) is 20.0 Å². The predicted octanol–water partition coefficient (Wildman–Crippen LogP) is 1.46. The van der Waals surface area contributed by atoms with Crippen molar-refractivity contribution in [2.24, 2.45) is 0 Å². The van der Waals surface area contributed by atoms with Gasteiger partial charge in [-0.15, -0.1) is 0 Å². The van der Waals surface area contributed by atoms with Crippen molar-refractivity contribution >= 4 is 11.7 Å². The lowest BCUT2D eigenvalue weighted by Gasteiger charge is -2.01. The van der Waals surface area contributed by atoms with Crippen LogP contribution < -0.4 is 5.32 Å². The fraction of sp³-hybridized carbons (Fsp3) is 0. The van der Waals surface area contributed by atoms with Crippen molar-refractivity contribution in [3.63, 3.8) is 0 Å². The Bertz CT molecular complexity index is 470. The van der Waals surface area contributed by atoms with E-state index < -0.39 is 11.7 Å². The zero-order chi connectivity index (χ0) is 10.7. The van der Waals surface area contributed by atoms with Gasteiger partial charge in [0.25, 0.3) is 5.91 Å². The topological polar surface area (TPSA) is 68.0 Å². The number of halogens is 1. The van der Waals surface area contributed by atoms with Crippen LogP contribution in [0.4, 0.5) is 10.2 Å². The summed E-state index contributed by atoms with van der Waals surface area (Å²) in [4.78, 5) is 15.0. The summed E-state index contributed by atoms with van der Waals surface area (Å²) in [6.45, 7) is 0. The predicted molar refractivity (Wildman–Crippen MR) is 48.7 cm³/mol. The van der Waals surface area contributed by atoms with E-state index in [0.717, 1.165) is 6.20 Å². The number of carbonyl (C=O) groups is 1. The molecule has 76 valence electrons. The molecule has 0 bridgehead atoms. The lowest BCUT2D eigenvalue weighted by atomic mass is 10.2. The van der Waals surface area contributed by atoms with Crippen LogP contribution in [0.3, 0.4) is 0 Å². The van der Waals surface area contributed by atoms with Crippen molar-refractivity contribution in [3.8, 4) is 0 Å². The number of hydrogen-bond donors (Lipinski definition) is 1. The van der Waals surface area contributed by atoms with Crippen LogP contribution in [0.25, 0.3) is 0 Å². The molecule has 2 rings (SSSR count). The van der Waals surface area contributed by atoms with Gasteiger partial charge in [-0.05, 0) is 6.07 Å². The van der Waals surface area contributed by atoms with Gasteiger partial charge in [-0.1, -0.05) is 5.16 Å². The molecule has 0 spiro atoms. The summed E-state index contributed by atoms with van der Waals surface area (Å²) in [5, 5.41) is 5.83. The van der Waals surface area contributed by atoms with Gasteiger partial charge in [-0.2, -0.15) is 0 Å². The van der Waals surface area contributed by atoms with E-state index in [1.54, 1.807) is 0 Å². The Hall–Kier alpha value is -2.24. The van der Waals surface area contributed by atoms with E-state index in [1.165, 1.54) is 24.6 Å². The molecule has 5 nitrogen and oxygen atoms in total. The number of anilines is 1. The van der Waals surface area contributed by atoms with Crippen molar-refractivity contribution in [1.82, 2.24) is 10.1 Å². The van der Waals surface area contributed by atoms with Crippen molar-refractivity contribution in [2.75, 3.05) is 5.32 Å². The molecular formula is C9H6FN3O2. The molecule has 2 heterocycles. The highest BCUT2D eigenvalue weighted by atomic mass is 19.1. The van der Waals surface area contributed by atoms with E-state index in [0.29, 0.717) is 0 Å². The van der Waals surface area contributed by atoms with Crippen LogP contribution in [0.1, 0.15) is 10.4 Å². The van der Waals surface area contributed by atoms with Crippen LogP contribution >= 0.6 is 0 Å². The number of aromatic nitrogens is 2. The lowest BCUT2D eigenvalue weighted by molar-refractivity contribution is 0.102. The summed E-state index contributed by atoms with van der Waals surface area (Å²) < 4.78 is 17.6. The molecular weight excluding hydrogens is 201 g/mol. The van der Waals surface area contributed by atoms with Gasteiger partial charge in [-0.3, -0.25) is 9.78 Å². The fourth-order valence-electron chi connectivity index (χ4n) is 1.02. The molecule has 1 N–H and O–H groups in total. The largest absolute Gasteiger partial charge is 0.363 e. The average Bonchev–Trinajstić information content (AvgIpc) is 2.71. The molecule has 1 amide bonds. The van der Waals surface area contributed by atoms with Crippen LogP contribution in [0.15, 0.2) is 35.3 Å². The third-order valence-electron chi connectivity index (χ3n) is 1.70. The van der Waals surface area contributed by atoms with Gasteiger partial charge in [0.1, 0.15) is 6.26 Å². The molecule has 6 heteroatoms. The molecule has 0 saturated carbocycles. The van der Waals surface area contributed by atoms with Gasteiger partial charge in [0.05, 0.1) is 11.8 Å². The highest BCUT2D eigenvalue weighted by molar-refractivity contribution is 6.03. The second-order valence-electron chi connectivity index (χ2n) is 2.69. The quantitative estimate of drug-likeness (QED) is 0.809. The second-order valence-corrected chi connectivity index (χ2v) is 2.69. The number of nitrogens with one attached hydrogen (secondary N) is 1. The summed E-state index contributed by atoms with van der Waals surface area (Å²) in [7, 11) is 0. The molecule has 0 aromatic carbocycles. The molecule has 0 aliphatic heterocycles. The highest BCUT2D eigenvalue weighted by Gasteiger charge is 2.12. The first-order valence-corrected chi connectivity index (χ1v) is 4.08. The molecule has 0 aliphatic rings. The number of hydrogen-bond acceptors (Lipinski definition) is 4. The van der Waals surface area contributed by atoms with Crippen LogP contribution in [0, 0.1) is 5.82 Å². The molecule has 2 aromatic heterocycles. The smallest absolute Gasteiger partial charge is 0.259 e. The third-order valence-corrected chi connectivity index (χ3v) is 1.70. The maximum absolute atomic E-state index is 13.1. The summed E-state index contributed by atoms with van der Waals surface area (Å²) in [6.07, 6.45) is 3.61. The first-order valence-electron chi connectivity index (χ1n) is 4.08. The Kier molecular flexibility index (Phi) is 2.40. The molecule has 15 heavy (non-hydrogen) atoms. The van der Waals surface area contributed by atoms with Gasteiger partial charge in [0.15, 0.2) is 11.6 Å². The minimum Gasteiger partial charge on any atom is -0.363 e. The van der Waals surface area contributed by atoms with Crippen LogP contribution in [-0.4, -0.2) is 16.0 Å². The van der Waals surface area contributed by atoms with E-state index in [4.69, 9.17) is 0 Å². The maximum Gasteiger partial charge on any atom is 0.259 e. The third kappa shape index (κ3) is 1.98. The highest BCUT2D eigenvalue weighted by Crippen LogP contribution is 2.08. The molecule has 0 unspecified atom stereocenters. The van der Waals surface area contributed by atoms with Crippen LogP contribution in [-0.2, 0) is 0 Å². The van der Waals surface area contributed by atoms with Crippen molar-refractivity contribution in [3.05, 3.63) is 42.2 Å². The van der Waals surface area contributed by atoms with Crippen molar-refractivity contribution in [2.45, 2.75) is 0 Å². The van der Waals surface area contributed by atoms with Gasteiger partial charge in [0, 0.05) is 12.3 Å². The first-order chi connectivity index (χ1) is 7.27. The Balaban J connectivity index is 2.19. The number of carbonyl (C=O) groups excluding carboxylic acids is 1. The molecule has 0 fully saturated rings. The minimum atomic E-state index is -0.682. The van der Waals surface area contributed by atoms with Crippen molar-refractivity contribution in [1.29, 1.82) is 0 Å². The van der Waals surface area contributed by atoms with E-state index in [-0.39, 0.29) is 11.4 Å². The standard InChI is InChI=1S/C9H6FN3O2/c10-7-5-11-3-1-6(7)9(14)12-8-2-4-15-13-8/h1-5H,(H,12,13,14). The fourth-order valence-corrected chi connectivity index (χ4v) is 1.02. The number of pyridine rings is 1. The molecule has 0 saturated heterocycles. The summed E-state index contributed by atoms with van der Waals surface area (Å²) in [5.41, 5.74) is -0.0898. The van der Waals surface area contributed by atoms with Crippen LogP contribution in [0.2, 0.25) is 0 Å². The van der Waals surface area contributed by atoms with E-state index in [9.17, 15) is 9.18 Å². The van der Waals surface area contributed by atoms with Gasteiger partial charge in [-0.25, -0.2) is 4.39 Å². The van der Waals surface area contributed by atoms with Gasteiger partial charge >= 0.3 is 0 Å². The maximum atomic E-state index is 13.1. The Labute approximate surface area is 83.9 Å². The van der Waals surface area contributed by atoms with Gasteiger partial charge < -0.3 is 9.84 Å². The lowest BCUT2D eigenvalue weighted by Crippen LogP contribution is -2.13. The van der Waals surface area contributed by atoms with Gasteiger partial charge in [0.2, 0.25) is 0 Å². The number of nitrogens with zero attached hydrogens (tertiary/aromatic N) is 2. The Morgan fingerprint density at radius 3 is 3.00 bits per heavy atom. The molecule has 0 radical (unpaired) electrons. The molecule has 0 atom stereocenters. The summed E-state index contributed by atoms with van der Waals surface area (Å²) in [5.74, 6) is -1.04. The second kappa shape index (κ2) is 3.87.